The maximum atomic E-state index is 11.6. The minimum atomic E-state index is -1.03. The summed E-state index contributed by atoms with van der Waals surface area (Å²) in [7, 11) is 1.77. The molecule has 2 saturated carbocycles. The van der Waals surface area contributed by atoms with Crippen molar-refractivity contribution in [1.82, 2.24) is 14.9 Å². The highest BCUT2D eigenvalue weighted by Gasteiger charge is 2.42. The third kappa shape index (κ3) is 4.74. The van der Waals surface area contributed by atoms with Crippen LogP contribution in [0.5, 0.6) is 5.75 Å². The van der Waals surface area contributed by atoms with Crippen LogP contribution in [0.4, 0.5) is 0 Å². The molecule has 0 spiro atoms. The molecular formula is C32H26Cl3N3O4. The Morgan fingerprint density at radius 1 is 1.07 bits per heavy atom. The van der Waals surface area contributed by atoms with Crippen LogP contribution in [0.1, 0.15) is 75.5 Å². The summed E-state index contributed by atoms with van der Waals surface area (Å²) in [6, 6.07) is 15.2. The molecular weight excluding hydrogens is 597 g/mol. The van der Waals surface area contributed by atoms with Crippen molar-refractivity contribution in [3.8, 4) is 17.0 Å². The number of carboxylic acids is 1. The summed E-state index contributed by atoms with van der Waals surface area (Å²) in [5.74, 6) is 1.34. The first-order valence-corrected chi connectivity index (χ1v) is 14.9. The molecule has 5 aromatic rings. The molecule has 2 heterocycles. The van der Waals surface area contributed by atoms with Gasteiger partial charge in [-0.05, 0) is 85.0 Å². The lowest BCUT2D eigenvalue weighted by molar-refractivity contribution is 0.0691. The number of aromatic carboxylic acids is 1. The van der Waals surface area contributed by atoms with Crippen LogP contribution >= 0.6 is 34.8 Å². The van der Waals surface area contributed by atoms with E-state index in [1.165, 1.54) is 0 Å². The van der Waals surface area contributed by atoms with Crippen LogP contribution in [0.2, 0.25) is 15.1 Å². The van der Waals surface area contributed by atoms with Crippen molar-refractivity contribution >= 4 is 51.7 Å². The third-order valence-electron chi connectivity index (χ3n) is 8.33. The van der Waals surface area contributed by atoms with Crippen molar-refractivity contribution in [3.05, 3.63) is 97.3 Å². The van der Waals surface area contributed by atoms with Gasteiger partial charge >= 0.3 is 5.97 Å². The van der Waals surface area contributed by atoms with Crippen LogP contribution in [0.15, 0.2) is 53.1 Å². The van der Waals surface area contributed by atoms with Gasteiger partial charge in [0.05, 0.1) is 21.1 Å². The predicted octanol–water partition coefficient (Wildman–Crippen LogP) is 8.92. The number of rotatable bonds is 8. The maximum Gasteiger partial charge on any atom is 0.357 e. The smallest absolute Gasteiger partial charge is 0.357 e. The van der Waals surface area contributed by atoms with Crippen LogP contribution in [-0.2, 0) is 13.7 Å². The zero-order valence-corrected chi connectivity index (χ0v) is 25.1. The van der Waals surface area contributed by atoms with E-state index in [-0.39, 0.29) is 18.2 Å². The molecule has 0 saturated heterocycles. The SMILES string of the molecule is Cc1cc(OCc2c(-c3c(Cl)cccc3Cl)noc2C2CC2)cc(Cl)c1C1CC1c1ccc2c(C(=O)O)nn(C)c2c1. The van der Waals surface area contributed by atoms with Gasteiger partial charge in [-0.15, -0.1) is 0 Å². The monoisotopic (exact) mass is 621 g/mol. The molecule has 42 heavy (non-hydrogen) atoms. The molecule has 2 fully saturated rings. The van der Waals surface area contributed by atoms with Crippen LogP contribution in [0.25, 0.3) is 22.2 Å². The van der Waals surface area contributed by atoms with Gasteiger partial charge < -0.3 is 14.4 Å². The molecule has 1 N–H and O–H groups in total. The molecule has 2 aliphatic rings. The molecule has 7 nitrogen and oxygen atoms in total. The van der Waals surface area contributed by atoms with E-state index in [9.17, 15) is 9.90 Å². The number of halogens is 3. The number of ether oxygens (including phenoxy) is 1. The number of carbonyl (C=O) groups is 1. The quantitative estimate of drug-likeness (QED) is 0.186. The summed E-state index contributed by atoms with van der Waals surface area (Å²) in [6.45, 7) is 2.30. The van der Waals surface area contributed by atoms with Gasteiger partial charge in [0, 0.05) is 28.9 Å². The molecule has 3 aromatic carbocycles. The number of aromatic nitrogens is 3. The Bertz CT molecular complexity index is 1850. The van der Waals surface area contributed by atoms with Crippen molar-refractivity contribution in [2.75, 3.05) is 0 Å². The molecule has 2 unspecified atom stereocenters. The number of nitrogens with zero attached hydrogens (tertiary/aromatic N) is 3. The van der Waals surface area contributed by atoms with E-state index in [4.69, 9.17) is 44.1 Å². The van der Waals surface area contributed by atoms with Gasteiger partial charge in [-0.25, -0.2) is 4.79 Å². The second-order valence-corrected chi connectivity index (χ2v) is 12.4. The van der Waals surface area contributed by atoms with Gasteiger partial charge in [-0.3, -0.25) is 4.68 Å². The summed E-state index contributed by atoms with van der Waals surface area (Å²) >= 11 is 19.9. The summed E-state index contributed by atoms with van der Waals surface area (Å²) in [4.78, 5) is 11.6. The Kier molecular flexibility index (Phi) is 6.72. The number of aryl methyl sites for hydroxylation is 2. The first-order chi connectivity index (χ1) is 20.2. The lowest BCUT2D eigenvalue weighted by Crippen LogP contribution is -2.01. The number of hydrogen-bond acceptors (Lipinski definition) is 5. The molecule has 0 bridgehead atoms. The van der Waals surface area contributed by atoms with Gasteiger partial charge in [-0.1, -0.05) is 58.2 Å². The van der Waals surface area contributed by atoms with Crippen LogP contribution in [0.3, 0.4) is 0 Å². The highest BCUT2D eigenvalue weighted by atomic mass is 35.5. The van der Waals surface area contributed by atoms with Gasteiger partial charge in [0.15, 0.2) is 5.69 Å². The highest BCUT2D eigenvalue weighted by Crippen LogP contribution is 2.57. The van der Waals surface area contributed by atoms with Gasteiger partial charge in [0.1, 0.15) is 23.8 Å². The molecule has 0 amide bonds. The molecule has 10 heteroatoms. The van der Waals surface area contributed by atoms with Gasteiger partial charge in [-0.2, -0.15) is 5.10 Å². The Labute approximate surface area is 256 Å². The van der Waals surface area contributed by atoms with E-state index in [0.29, 0.717) is 49.3 Å². The Hall–Kier alpha value is -3.52. The first-order valence-electron chi connectivity index (χ1n) is 13.8. The summed E-state index contributed by atoms with van der Waals surface area (Å²) in [5, 5.41) is 20.3. The average molecular weight is 623 g/mol. The zero-order valence-electron chi connectivity index (χ0n) is 22.8. The van der Waals surface area contributed by atoms with Crippen molar-refractivity contribution in [2.45, 2.75) is 50.5 Å². The molecule has 2 aliphatic carbocycles. The summed E-state index contributed by atoms with van der Waals surface area (Å²) < 4.78 is 13.7. The largest absolute Gasteiger partial charge is 0.489 e. The van der Waals surface area contributed by atoms with Crippen molar-refractivity contribution in [2.24, 2.45) is 7.05 Å². The first kappa shape index (κ1) is 27.3. The maximum absolute atomic E-state index is 11.6. The fraction of sp³-hybridized carbons (Fsp3) is 0.281. The Morgan fingerprint density at radius 2 is 1.83 bits per heavy atom. The summed E-state index contributed by atoms with van der Waals surface area (Å²) in [5.41, 5.74) is 6.28. The van der Waals surface area contributed by atoms with Crippen molar-refractivity contribution in [1.29, 1.82) is 0 Å². The lowest BCUT2D eigenvalue weighted by Gasteiger charge is -2.14. The van der Waals surface area contributed by atoms with Crippen molar-refractivity contribution in [3.63, 3.8) is 0 Å². The standard InChI is InChI=1S/C32H26Cl3N3O4/c1-15-10-18(41-14-22-29(37-42-31(22)16-6-7-16)28-23(33)4-3-5-24(28)34)12-25(35)27(15)21-13-20(21)17-8-9-19-26(11-17)38(2)36-30(19)32(39)40/h3-5,8-12,16,20-21H,6-7,13-14H2,1-2H3,(H,39,40). The van der Waals surface area contributed by atoms with E-state index < -0.39 is 5.97 Å². The minimum Gasteiger partial charge on any atom is -0.489 e. The molecule has 0 aliphatic heterocycles. The fourth-order valence-corrected chi connectivity index (χ4v) is 7.00. The Morgan fingerprint density at radius 3 is 2.52 bits per heavy atom. The molecule has 7 rings (SSSR count). The van der Waals surface area contributed by atoms with Gasteiger partial charge in [0.2, 0.25) is 0 Å². The third-order valence-corrected chi connectivity index (χ3v) is 9.27. The van der Waals surface area contributed by atoms with E-state index in [0.717, 1.165) is 52.8 Å². The molecule has 214 valence electrons. The second kappa shape index (κ2) is 10.3. The van der Waals surface area contributed by atoms with E-state index in [1.807, 2.05) is 30.3 Å². The van der Waals surface area contributed by atoms with E-state index in [2.05, 4.69) is 17.2 Å². The number of benzene rings is 3. The summed E-state index contributed by atoms with van der Waals surface area (Å²) in [6.07, 6.45) is 3.06. The number of carboxylic acid groups (broad SMARTS) is 1. The van der Waals surface area contributed by atoms with Gasteiger partial charge in [0.25, 0.3) is 0 Å². The molecule has 0 radical (unpaired) electrons. The van der Waals surface area contributed by atoms with Crippen molar-refractivity contribution < 1.29 is 19.2 Å². The lowest BCUT2D eigenvalue weighted by atomic mass is 9.99. The van der Waals surface area contributed by atoms with Crippen LogP contribution in [-0.4, -0.2) is 26.0 Å². The molecule has 2 aromatic heterocycles. The molecule has 2 atom stereocenters. The Balaban J connectivity index is 1.13. The average Bonchev–Trinajstić information content (AvgIpc) is 3.87. The van der Waals surface area contributed by atoms with Crippen LogP contribution < -0.4 is 4.74 Å². The zero-order chi connectivity index (χ0) is 29.3. The van der Waals surface area contributed by atoms with Crippen LogP contribution in [0, 0.1) is 6.92 Å². The number of hydrogen-bond donors (Lipinski definition) is 1. The fourth-order valence-electron chi connectivity index (χ4n) is 6.03. The minimum absolute atomic E-state index is 0.0680. The van der Waals surface area contributed by atoms with E-state index in [1.54, 1.807) is 29.9 Å². The highest BCUT2D eigenvalue weighted by molar-refractivity contribution is 6.39. The van der Waals surface area contributed by atoms with E-state index >= 15 is 0 Å². The number of fused-ring (bicyclic) bond motifs is 1. The predicted molar refractivity (Wildman–Crippen MR) is 162 cm³/mol. The second-order valence-electron chi connectivity index (χ2n) is 11.2. The topological polar surface area (TPSA) is 90.4 Å². The normalized spacial score (nSPS) is 18.0.